The van der Waals surface area contributed by atoms with Gasteiger partial charge in [-0.1, -0.05) is 0 Å². The van der Waals surface area contributed by atoms with Crippen LogP contribution in [0.15, 0.2) is 6.20 Å². The van der Waals surface area contributed by atoms with Crippen LogP contribution in [0.2, 0.25) is 0 Å². The van der Waals surface area contributed by atoms with Crippen molar-refractivity contribution >= 4 is 41.0 Å². The van der Waals surface area contributed by atoms with E-state index in [1.54, 1.807) is 6.92 Å². The molecule has 7 heteroatoms. The number of nitrogens with two attached hydrogens (primary N) is 1. The zero-order valence-electron chi connectivity index (χ0n) is 7.48. The van der Waals surface area contributed by atoms with Gasteiger partial charge in [0.25, 0.3) is 0 Å². The highest BCUT2D eigenvalue weighted by molar-refractivity contribution is 14.1. The summed E-state index contributed by atoms with van der Waals surface area (Å²) in [6.07, 6.45) is 1.52. The maximum atomic E-state index is 10.8. The lowest BCUT2D eigenvalue weighted by molar-refractivity contribution is 0.0681. The number of carboxylic acid groups (broad SMARTS) is 1. The summed E-state index contributed by atoms with van der Waals surface area (Å²) in [6, 6.07) is -0.103. The summed E-state index contributed by atoms with van der Waals surface area (Å²) in [5.41, 5.74) is 5.75. The molecule has 0 radical (unpaired) electrons. The van der Waals surface area contributed by atoms with E-state index in [4.69, 9.17) is 10.8 Å². The molecule has 0 fully saturated rings. The molecule has 1 rings (SSSR count). The van der Waals surface area contributed by atoms with Crippen LogP contribution in [0.4, 0.5) is 0 Å². The van der Waals surface area contributed by atoms with E-state index in [1.807, 2.05) is 22.6 Å². The third kappa shape index (κ3) is 3.10. The lowest BCUT2D eigenvalue weighted by Gasteiger charge is -2.06. The minimum Gasteiger partial charge on any atom is -0.476 e. The first-order chi connectivity index (χ1) is 6.02. The van der Waals surface area contributed by atoms with Gasteiger partial charge in [-0.05, 0) is 29.5 Å². The molecule has 0 saturated carbocycles. The van der Waals surface area contributed by atoms with Crippen LogP contribution < -0.4 is 5.73 Å². The zero-order chi connectivity index (χ0) is 10.0. The molecule has 0 aliphatic carbocycles. The first-order valence-corrected chi connectivity index (χ1v) is 4.80. The average molecular weight is 332 g/mol. The minimum absolute atomic E-state index is 0. The summed E-state index contributed by atoms with van der Waals surface area (Å²) >= 11 is 1.94. The molecular formula is C7H11ClIN3O2. The van der Waals surface area contributed by atoms with Crippen LogP contribution in [0.1, 0.15) is 17.4 Å². The summed E-state index contributed by atoms with van der Waals surface area (Å²) in [7, 11) is 0. The number of hydrogen-bond donors (Lipinski definition) is 2. The number of nitrogens with zero attached hydrogens (tertiary/aromatic N) is 2. The van der Waals surface area contributed by atoms with Crippen LogP contribution in [0.25, 0.3) is 0 Å². The molecule has 5 nitrogen and oxygen atoms in total. The largest absolute Gasteiger partial charge is 0.476 e. The van der Waals surface area contributed by atoms with Crippen LogP contribution in [-0.4, -0.2) is 26.9 Å². The Morgan fingerprint density at radius 2 is 2.43 bits per heavy atom. The Balaban J connectivity index is 0.00000169. The van der Waals surface area contributed by atoms with Gasteiger partial charge in [0.15, 0.2) is 5.69 Å². The third-order valence-corrected chi connectivity index (χ3v) is 2.25. The van der Waals surface area contributed by atoms with Gasteiger partial charge < -0.3 is 10.8 Å². The van der Waals surface area contributed by atoms with Gasteiger partial charge in [0.2, 0.25) is 0 Å². The highest BCUT2D eigenvalue weighted by Crippen LogP contribution is 2.11. The molecule has 3 N–H and O–H groups in total. The number of aromatic carboxylic acids is 1. The molecule has 1 atom stereocenters. The Morgan fingerprint density at radius 3 is 2.86 bits per heavy atom. The van der Waals surface area contributed by atoms with Gasteiger partial charge in [0, 0.05) is 6.04 Å². The number of carboxylic acids is 1. The quantitative estimate of drug-likeness (QED) is 0.808. The molecule has 1 aromatic rings. The van der Waals surface area contributed by atoms with Crippen LogP contribution in [-0.2, 0) is 6.54 Å². The second-order valence-electron chi connectivity index (χ2n) is 2.81. The fourth-order valence-electron chi connectivity index (χ4n) is 0.986. The van der Waals surface area contributed by atoms with Crippen molar-refractivity contribution in [1.82, 2.24) is 9.78 Å². The van der Waals surface area contributed by atoms with Crippen LogP contribution >= 0.6 is 35.0 Å². The number of aromatic nitrogens is 2. The van der Waals surface area contributed by atoms with E-state index >= 15 is 0 Å². The SMILES string of the molecule is CC(N)Cn1ncc(I)c1C(=O)O.Cl. The molecular weight excluding hydrogens is 320 g/mol. The second-order valence-corrected chi connectivity index (χ2v) is 3.97. The van der Waals surface area contributed by atoms with E-state index in [0.717, 1.165) is 0 Å². The van der Waals surface area contributed by atoms with Gasteiger partial charge in [-0.2, -0.15) is 5.10 Å². The predicted molar refractivity (Wildman–Crippen MR) is 62.8 cm³/mol. The monoisotopic (exact) mass is 331 g/mol. The molecule has 80 valence electrons. The van der Waals surface area contributed by atoms with Crippen molar-refractivity contribution in [1.29, 1.82) is 0 Å². The number of carbonyl (C=O) groups is 1. The summed E-state index contributed by atoms with van der Waals surface area (Å²) in [6.45, 7) is 2.23. The van der Waals surface area contributed by atoms with Gasteiger partial charge in [-0.3, -0.25) is 4.68 Å². The molecule has 0 aromatic carbocycles. The van der Waals surface area contributed by atoms with Crippen molar-refractivity contribution < 1.29 is 9.90 Å². The highest BCUT2D eigenvalue weighted by Gasteiger charge is 2.16. The molecule has 0 aliphatic heterocycles. The fourth-order valence-corrected chi connectivity index (χ4v) is 1.62. The highest BCUT2D eigenvalue weighted by atomic mass is 127. The number of rotatable bonds is 3. The van der Waals surface area contributed by atoms with Crippen LogP contribution in [0.5, 0.6) is 0 Å². The molecule has 14 heavy (non-hydrogen) atoms. The minimum atomic E-state index is -0.970. The van der Waals surface area contributed by atoms with Crippen molar-refractivity contribution in [2.24, 2.45) is 5.73 Å². The second kappa shape index (κ2) is 5.52. The van der Waals surface area contributed by atoms with Crippen LogP contribution in [0, 0.1) is 3.57 Å². The number of hydrogen-bond acceptors (Lipinski definition) is 3. The first kappa shape index (κ1) is 13.7. The van der Waals surface area contributed by atoms with E-state index in [1.165, 1.54) is 10.9 Å². The van der Waals surface area contributed by atoms with Crippen molar-refractivity contribution in [3.63, 3.8) is 0 Å². The van der Waals surface area contributed by atoms with Gasteiger partial charge >= 0.3 is 5.97 Å². The van der Waals surface area contributed by atoms with E-state index in [0.29, 0.717) is 10.1 Å². The summed E-state index contributed by atoms with van der Waals surface area (Å²) in [5, 5.41) is 12.8. The average Bonchev–Trinajstić information content (AvgIpc) is 2.30. The number of halogens is 2. The third-order valence-electron chi connectivity index (χ3n) is 1.46. The molecule has 0 saturated heterocycles. The van der Waals surface area contributed by atoms with E-state index in [9.17, 15) is 4.79 Å². The molecule has 1 heterocycles. The summed E-state index contributed by atoms with van der Waals surface area (Å²) < 4.78 is 2.04. The van der Waals surface area contributed by atoms with E-state index in [-0.39, 0.29) is 24.1 Å². The van der Waals surface area contributed by atoms with Crippen molar-refractivity contribution in [2.45, 2.75) is 19.5 Å². The Kier molecular flexibility index (Phi) is 5.38. The molecule has 1 unspecified atom stereocenters. The van der Waals surface area contributed by atoms with Crippen molar-refractivity contribution in [3.05, 3.63) is 15.5 Å². The van der Waals surface area contributed by atoms with Gasteiger partial charge in [0.05, 0.1) is 16.3 Å². The van der Waals surface area contributed by atoms with Crippen LogP contribution in [0.3, 0.4) is 0 Å². The maximum Gasteiger partial charge on any atom is 0.355 e. The zero-order valence-corrected chi connectivity index (χ0v) is 10.4. The smallest absolute Gasteiger partial charge is 0.355 e. The van der Waals surface area contributed by atoms with Gasteiger partial charge in [-0.25, -0.2) is 4.79 Å². The standard InChI is InChI=1S/C7H10IN3O2.ClH/c1-4(9)3-11-6(7(12)13)5(8)2-10-11;/h2,4H,3,9H2,1H3,(H,12,13);1H. The lowest BCUT2D eigenvalue weighted by Crippen LogP contribution is -2.25. The topological polar surface area (TPSA) is 81.1 Å². The Hall–Kier alpha value is -0.340. The fraction of sp³-hybridized carbons (Fsp3) is 0.429. The first-order valence-electron chi connectivity index (χ1n) is 3.72. The summed E-state index contributed by atoms with van der Waals surface area (Å²) in [4.78, 5) is 10.8. The van der Waals surface area contributed by atoms with Gasteiger partial charge in [0.1, 0.15) is 0 Å². The predicted octanol–water partition coefficient (Wildman–Crippen LogP) is 0.955. The summed E-state index contributed by atoms with van der Waals surface area (Å²) in [5.74, 6) is -0.970. The molecule has 0 spiro atoms. The lowest BCUT2D eigenvalue weighted by atomic mass is 10.3. The normalized spacial score (nSPS) is 11.9. The van der Waals surface area contributed by atoms with E-state index < -0.39 is 5.97 Å². The van der Waals surface area contributed by atoms with Crippen molar-refractivity contribution in [3.8, 4) is 0 Å². The Bertz CT molecular complexity index is 327. The molecule has 0 amide bonds. The van der Waals surface area contributed by atoms with Crippen molar-refractivity contribution in [2.75, 3.05) is 0 Å². The maximum absolute atomic E-state index is 10.8. The van der Waals surface area contributed by atoms with Gasteiger partial charge in [-0.15, -0.1) is 12.4 Å². The Labute approximate surface area is 101 Å². The Morgan fingerprint density at radius 1 is 1.86 bits per heavy atom. The molecule has 0 bridgehead atoms. The molecule has 0 aliphatic rings. The molecule has 1 aromatic heterocycles. The van der Waals surface area contributed by atoms with E-state index in [2.05, 4.69) is 5.10 Å².